The van der Waals surface area contributed by atoms with Gasteiger partial charge < -0.3 is 9.84 Å². The number of phenolic OH excluding ortho intramolecular Hbond substituents is 1. The number of ether oxygens (including phenoxy) is 1. The second-order valence-corrected chi connectivity index (χ2v) is 3.98. The highest BCUT2D eigenvalue weighted by Crippen LogP contribution is 2.13. The molecule has 0 saturated heterocycles. The Kier molecular flexibility index (Phi) is 3.32. The molecule has 2 aromatic rings. The van der Waals surface area contributed by atoms with Crippen molar-refractivity contribution in [2.24, 2.45) is 0 Å². The van der Waals surface area contributed by atoms with Gasteiger partial charge in [0.1, 0.15) is 5.75 Å². The van der Waals surface area contributed by atoms with Gasteiger partial charge in [-0.2, -0.15) is 0 Å². The number of rotatable bonds is 3. The third-order valence-electron chi connectivity index (χ3n) is 2.54. The van der Waals surface area contributed by atoms with E-state index in [-0.39, 0.29) is 17.3 Å². The highest BCUT2D eigenvalue weighted by atomic mass is 16.5. The average molecular weight is 246 g/mol. The largest absolute Gasteiger partial charge is 0.508 e. The van der Waals surface area contributed by atoms with Crippen LogP contribution in [0.2, 0.25) is 0 Å². The predicted octanol–water partition coefficient (Wildman–Crippen LogP) is 1.31. The molecule has 1 aromatic heterocycles. The van der Waals surface area contributed by atoms with E-state index in [1.54, 1.807) is 25.1 Å². The van der Waals surface area contributed by atoms with Crippen molar-refractivity contribution < 1.29 is 9.84 Å². The molecular formula is C13H14N2O3. The smallest absolute Gasteiger partial charge is 0.299 e. The van der Waals surface area contributed by atoms with Crippen LogP contribution in [-0.4, -0.2) is 21.8 Å². The summed E-state index contributed by atoms with van der Waals surface area (Å²) < 4.78 is 6.52. The molecular weight excluding hydrogens is 232 g/mol. The fraction of sp³-hybridized carbons (Fsp3) is 0.231. The second-order valence-electron chi connectivity index (χ2n) is 3.98. The number of aromatic hydroxyl groups is 1. The number of aromatic nitrogens is 2. The van der Waals surface area contributed by atoms with Crippen LogP contribution >= 0.6 is 0 Å². The van der Waals surface area contributed by atoms with Crippen molar-refractivity contribution in [1.82, 2.24) is 9.55 Å². The Labute approximate surface area is 104 Å². The number of hydrogen-bond acceptors (Lipinski definition) is 4. The molecule has 2 rings (SSSR count). The van der Waals surface area contributed by atoms with Crippen LogP contribution in [0, 0.1) is 6.92 Å². The average Bonchev–Trinajstić information content (AvgIpc) is 2.32. The molecule has 5 nitrogen and oxygen atoms in total. The Morgan fingerprint density at radius 1 is 1.39 bits per heavy atom. The zero-order valence-corrected chi connectivity index (χ0v) is 10.3. The van der Waals surface area contributed by atoms with Crippen molar-refractivity contribution in [1.29, 1.82) is 0 Å². The van der Waals surface area contributed by atoms with Gasteiger partial charge in [0, 0.05) is 11.8 Å². The van der Waals surface area contributed by atoms with Gasteiger partial charge in [0.25, 0.3) is 11.6 Å². The van der Waals surface area contributed by atoms with Gasteiger partial charge in [0.15, 0.2) is 0 Å². The number of aryl methyl sites for hydroxylation is 1. The quantitative estimate of drug-likeness (QED) is 0.887. The predicted molar refractivity (Wildman–Crippen MR) is 67.0 cm³/mol. The monoisotopic (exact) mass is 246 g/mol. The Morgan fingerprint density at radius 2 is 2.17 bits per heavy atom. The fourth-order valence-corrected chi connectivity index (χ4v) is 1.73. The van der Waals surface area contributed by atoms with E-state index in [9.17, 15) is 9.90 Å². The van der Waals surface area contributed by atoms with Crippen molar-refractivity contribution >= 4 is 0 Å². The van der Waals surface area contributed by atoms with Crippen molar-refractivity contribution in [3.8, 4) is 11.8 Å². The first-order chi connectivity index (χ1) is 8.60. The van der Waals surface area contributed by atoms with Crippen LogP contribution in [-0.2, 0) is 6.54 Å². The van der Waals surface area contributed by atoms with Crippen LogP contribution in [0.1, 0.15) is 11.3 Å². The second kappa shape index (κ2) is 4.91. The van der Waals surface area contributed by atoms with Crippen molar-refractivity contribution in [3.05, 3.63) is 51.9 Å². The molecule has 0 radical (unpaired) electrons. The van der Waals surface area contributed by atoms with Crippen LogP contribution < -0.4 is 10.3 Å². The normalized spacial score (nSPS) is 10.3. The highest BCUT2D eigenvalue weighted by Gasteiger charge is 2.08. The van der Waals surface area contributed by atoms with E-state index in [0.29, 0.717) is 12.2 Å². The van der Waals surface area contributed by atoms with Crippen LogP contribution in [0.4, 0.5) is 0 Å². The minimum Gasteiger partial charge on any atom is -0.508 e. The summed E-state index contributed by atoms with van der Waals surface area (Å²) in [6, 6.07) is 8.45. The third-order valence-corrected chi connectivity index (χ3v) is 2.54. The molecule has 1 heterocycles. The van der Waals surface area contributed by atoms with Crippen LogP contribution in [0.25, 0.3) is 0 Å². The maximum absolute atomic E-state index is 11.9. The molecule has 0 aliphatic carbocycles. The molecule has 0 spiro atoms. The van der Waals surface area contributed by atoms with Crippen molar-refractivity contribution in [2.75, 3.05) is 7.11 Å². The molecule has 5 heteroatoms. The van der Waals surface area contributed by atoms with Crippen molar-refractivity contribution in [3.63, 3.8) is 0 Å². The lowest BCUT2D eigenvalue weighted by molar-refractivity contribution is 0.349. The first-order valence-electron chi connectivity index (χ1n) is 5.50. The molecule has 0 unspecified atom stereocenters. The number of methoxy groups -OCH3 is 1. The summed E-state index contributed by atoms with van der Waals surface area (Å²) in [5.41, 5.74) is 1.24. The van der Waals surface area contributed by atoms with Gasteiger partial charge in [-0.1, -0.05) is 12.1 Å². The van der Waals surface area contributed by atoms with E-state index >= 15 is 0 Å². The Hall–Kier alpha value is -2.30. The van der Waals surface area contributed by atoms with E-state index in [2.05, 4.69) is 4.98 Å². The minimum atomic E-state index is -0.178. The summed E-state index contributed by atoms with van der Waals surface area (Å²) in [7, 11) is 1.47. The van der Waals surface area contributed by atoms with Gasteiger partial charge in [-0.15, -0.1) is 0 Å². The molecule has 0 amide bonds. The number of phenols is 1. The lowest BCUT2D eigenvalue weighted by Gasteiger charge is -2.11. The molecule has 18 heavy (non-hydrogen) atoms. The van der Waals surface area contributed by atoms with Gasteiger partial charge in [0.2, 0.25) is 0 Å². The zero-order valence-electron chi connectivity index (χ0n) is 10.3. The Balaban J connectivity index is 2.43. The lowest BCUT2D eigenvalue weighted by atomic mass is 10.2. The van der Waals surface area contributed by atoms with Gasteiger partial charge in [-0.05, 0) is 24.6 Å². The Morgan fingerprint density at radius 3 is 2.83 bits per heavy atom. The molecule has 94 valence electrons. The van der Waals surface area contributed by atoms with Gasteiger partial charge in [-0.25, -0.2) is 4.98 Å². The van der Waals surface area contributed by atoms with Gasteiger partial charge >= 0.3 is 0 Å². The van der Waals surface area contributed by atoms with E-state index in [0.717, 1.165) is 5.56 Å². The topological polar surface area (TPSA) is 64.3 Å². The summed E-state index contributed by atoms with van der Waals surface area (Å²) in [5.74, 6) is 0.166. The molecule has 0 atom stereocenters. The van der Waals surface area contributed by atoms with Gasteiger partial charge in [-0.3, -0.25) is 9.36 Å². The molecule has 0 saturated carbocycles. The standard InChI is InChI=1S/C13H14N2O3/c1-9-6-12(17)15(13(14-9)18-2)8-10-4-3-5-11(16)7-10/h3-7,16H,8H2,1-2H3. The maximum Gasteiger partial charge on any atom is 0.299 e. The van der Waals surface area contributed by atoms with E-state index < -0.39 is 0 Å². The molecule has 0 aliphatic rings. The van der Waals surface area contributed by atoms with Crippen LogP contribution in [0.3, 0.4) is 0 Å². The number of hydrogen-bond donors (Lipinski definition) is 1. The summed E-state index contributed by atoms with van der Waals surface area (Å²) in [6.07, 6.45) is 0. The summed E-state index contributed by atoms with van der Waals surface area (Å²) in [4.78, 5) is 16.0. The van der Waals surface area contributed by atoms with Crippen LogP contribution in [0.15, 0.2) is 35.1 Å². The molecule has 0 fully saturated rings. The molecule has 1 N–H and O–H groups in total. The van der Waals surface area contributed by atoms with Gasteiger partial charge in [0.05, 0.1) is 13.7 Å². The first-order valence-corrected chi connectivity index (χ1v) is 5.50. The van der Waals surface area contributed by atoms with E-state index in [1.165, 1.54) is 17.7 Å². The zero-order chi connectivity index (χ0) is 13.1. The fourth-order valence-electron chi connectivity index (χ4n) is 1.73. The summed E-state index contributed by atoms with van der Waals surface area (Å²) in [5, 5.41) is 9.40. The van der Waals surface area contributed by atoms with Crippen LogP contribution in [0.5, 0.6) is 11.8 Å². The third kappa shape index (κ3) is 2.51. The molecule has 1 aromatic carbocycles. The molecule has 0 aliphatic heterocycles. The first kappa shape index (κ1) is 12.2. The van der Waals surface area contributed by atoms with E-state index in [1.807, 2.05) is 6.07 Å². The number of nitrogens with zero attached hydrogens (tertiary/aromatic N) is 2. The Bertz CT molecular complexity index is 620. The number of benzene rings is 1. The minimum absolute atomic E-state index is 0.166. The molecule has 0 bridgehead atoms. The summed E-state index contributed by atoms with van der Waals surface area (Å²) in [6.45, 7) is 2.05. The van der Waals surface area contributed by atoms with E-state index in [4.69, 9.17) is 4.74 Å². The van der Waals surface area contributed by atoms with Crippen molar-refractivity contribution in [2.45, 2.75) is 13.5 Å². The SMILES string of the molecule is COc1nc(C)cc(=O)n1Cc1cccc(O)c1. The summed E-state index contributed by atoms with van der Waals surface area (Å²) >= 11 is 0. The highest BCUT2D eigenvalue weighted by molar-refractivity contribution is 5.27. The lowest BCUT2D eigenvalue weighted by Crippen LogP contribution is -2.23. The maximum atomic E-state index is 11.9.